The average molecular weight is 363 g/mol. The number of aliphatic hydroxyl groups is 2. The molecule has 4 rings (SSSR count). The lowest BCUT2D eigenvalue weighted by Gasteiger charge is -2.63. The Morgan fingerprint density at radius 3 is 2.42 bits per heavy atom. The highest BCUT2D eigenvalue weighted by Gasteiger charge is 2.62. The van der Waals surface area contributed by atoms with Crippen LogP contribution in [0.4, 0.5) is 0 Å². The van der Waals surface area contributed by atoms with Gasteiger partial charge in [-0.3, -0.25) is 0 Å². The third-order valence-electron chi connectivity index (χ3n) is 10.0. The smallest absolute Gasteiger partial charge is 0.0622 e. The Kier molecular flexibility index (Phi) is 4.79. The monoisotopic (exact) mass is 362 g/mol. The van der Waals surface area contributed by atoms with Gasteiger partial charge in [-0.15, -0.1) is 0 Å². The third kappa shape index (κ3) is 2.72. The van der Waals surface area contributed by atoms with Crippen molar-refractivity contribution in [2.24, 2.45) is 40.4 Å². The highest BCUT2D eigenvalue weighted by atomic mass is 16.3. The standard InChI is InChI=1S/C24H42O2/c1-5-11-24-14-13-22(3,26)15-17(24)6-7-18-20-9-8-19(16(2)25)23(20,4)12-10-21(18)24/h16-21,25-26H,5-15H2,1-4H3/t16?,17-,18+,19-,20+,21+,22-,23-,24+/m1/s1. The van der Waals surface area contributed by atoms with Gasteiger partial charge in [-0.25, -0.2) is 0 Å². The van der Waals surface area contributed by atoms with Crippen molar-refractivity contribution in [1.29, 1.82) is 0 Å². The van der Waals surface area contributed by atoms with Gasteiger partial charge in [0, 0.05) is 0 Å². The van der Waals surface area contributed by atoms with E-state index >= 15 is 0 Å². The van der Waals surface area contributed by atoms with Crippen molar-refractivity contribution in [1.82, 2.24) is 0 Å². The first kappa shape index (κ1) is 19.2. The molecule has 4 aliphatic rings. The zero-order chi connectivity index (χ0) is 18.7. The fraction of sp³-hybridized carbons (Fsp3) is 1.00. The van der Waals surface area contributed by atoms with Crippen molar-refractivity contribution in [2.75, 3.05) is 0 Å². The normalized spacial score (nSPS) is 54.9. The summed E-state index contributed by atoms with van der Waals surface area (Å²) in [7, 11) is 0. The molecular weight excluding hydrogens is 320 g/mol. The van der Waals surface area contributed by atoms with Gasteiger partial charge in [-0.2, -0.15) is 0 Å². The first-order valence-corrected chi connectivity index (χ1v) is 11.6. The minimum absolute atomic E-state index is 0.146. The van der Waals surface area contributed by atoms with Gasteiger partial charge in [-0.1, -0.05) is 20.3 Å². The van der Waals surface area contributed by atoms with Crippen LogP contribution in [-0.2, 0) is 0 Å². The molecule has 0 saturated heterocycles. The largest absolute Gasteiger partial charge is 0.393 e. The Labute approximate surface area is 161 Å². The molecule has 0 aromatic carbocycles. The first-order chi connectivity index (χ1) is 12.2. The van der Waals surface area contributed by atoms with Gasteiger partial charge < -0.3 is 10.2 Å². The molecule has 9 atom stereocenters. The quantitative estimate of drug-likeness (QED) is 0.690. The summed E-state index contributed by atoms with van der Waals surface area (Å²) in [5.74, 6) is 3.84. The summed E-state index contributed by atoms with van der Waals surface area (Å²) in [6, 6.07) is 0. The maximum Gasteiger partial charge on any atom is 0.0622 e. The van der Waals surface area contributed by atoms with Gasteiger partial charge in [0.2, 0.25) is 0 Å². The predicted octanol–water partition coefficient (Wildman–Crippen LogP) is 5.56. The maximum absolute atomic E-state index is 10.8. The fourth-order valence-electron chi connectivity index (χ4n) is 9.03. The summed E-state index contributed by atoms with van der Waals surface area (Å²) >= 11 is 0. The van der Waals surface area contributed by atoms with Crippen molar-refractivity contribution in [3.63, 3.8) is 0 Å². The summed E-state index contributed by atoms with van der Waals surface area (Å²) in [4.78, 5) is 0. The Balaban J connectivity index is 1.64. The van der Waals surface area contributed by atoms with Crippen molar-refractivity contribution >= 4 is 0 Å². The summed E-state index contributed by atoms with van der Waals surface area (Å²) in [5.41, 5.74) is 0.447. The summed E-state index contributed by atoms with van der Waals surface area (Å²) < 4.78 is 0. The van der Waals surface area contributed by atoms with Crippen molar-refractivity contribution < 1.29 is 10.2 Å². The molecule has 0 radical (unpaired) electrons. The van der Waals surface area contributed by atoms with E-state index < -0.39 is 5.60 Å². The second-order valence-corrected chi connectivity index (χ2v) is 11.3. The molecule has 2 N–H and O–H groups in total. The Hall–Kier alpha value is -0.0800. The Morgan fingerprint density at radius 1 is 0.962 bits per heavy atom. The van der Waals surface area contributed by atoms with Gasteiger partial charge >= 0.3 is 0 Å². The molecule has 0 amide bonds. The molecule has 4 fully saturated rings. The molecular formula is C24H42O2. The van der Waals surface area contributed by atoms with Crippen LogP contribution >= 0.6 is 0 Å². The Morgan fingerprint density at radius 2 is 1.73 bits per heavy atom. The van der Waals surface area contributed by atoms with E-state index in [4.69, 9.17) is 0 Å². The summed E-state index contributed by atoms with van der Waals surface area (Å²) in [6.45, 7) is 9.00. The lowest BCUT2D eigenvalue weighted by Crippen LogP contribution is -2.56. The molecule has 0 bridgehead atoms. The molecule has 0 aliphatic heterocycles. The number of rotatable bonds is 3. The van der Waals surface area contributed by atoms with E-state index in [9.17, 15) is 10.2 Å². The lowest BCUT2D eigenvalue weighted by molar-refractivity contribution is -0.160. The molecule has 4 aliphatic carbocycles. The summed E-state index contributed by atoms with van der Waals surface area (Å²) in [6.07, 6.45) is 13.8. The fourth-order valence-corrected chi connectivity index (χ4v) is 9.03. The van der Waals surface area contributed by atoms with Crippen molar-refractivity contribution in [3.05, 3.63) is 0 Å². The average Bonchev–Trinajstić information content (AvgIpc) is 2.92. The molecule has 1 unspecified atom stereocenters. The van der Waals surface area contributed by atoms with Gasteiger partial charge in [0.15, 0.2) is 0 Å². The van der Waals surface area contributed by atoms with Crippen LogP contribution in [0.15, 0.2) is 0 Å². The molecule has 0 aromatic rings. The molecule has 0 aromatic heterocycles. The predicted molar refractivity (Wildman–Crippen MR) is 107 cm³/mol. The van der Waals surface area contributed by atoms with Crippen LogP contribution in [0.5, 0.6) is 0 Å². The zero-order valence-corrected chi connectivity index (χ0v) is 17.6. The molecule has 2 nitrogen and oxygen atoms in total. The van der Waals surface area contributed by atoms with Gasteiger partial charge in [0.1, 0.15) is 0 Å². The molecule has 26 heavy (non-hydrogen) atoms. The first-order valence-electron chi connectivity index (χ1n) is 11.6. The van der Waals surface area contributed by atoms with Crippen LogP contribution in [0, 0.1) is 40.4 Å². The van der Waals surface area contributed by atoms with E-state index in [1.54, 1.807) is 0 Å². The number of fused-ring (bicyclic) bond motifs is 5. The van der Waals surface area contributed by atoms with E-state index in [0.29, 0.717) is 16.7 Å². The van der Waals surface area contributed by atoms with Crippen molar-refractivity contribution in [2.45, 2.75) is 110 Å². The minimum Gasteiger partial charge on any atom is -0.393 e. The van der Waals surface area contributed by atoms with Gasteiger partial charge in [0.25, 0.3) is 0 Å². The van der Waals surface area contributed by atoms with E-state index in [2.05, 4.69) is 20.8 Å². The lowest BCUT2D eigenvalue weighted by atomic mass is 9.42. The van der Waals surface area contributed by atoms with E-state index in [0.717, 1.165) is 36.5 Å². The molecule has 2 heteroatoms. The van der Waals surface area contributed by atoms with Gasteiger partial charge in [0.05, 0.1) is 11.7 Å². The van der Waals surface area contributed by atoms with Crippen LogP contribution in [-0.4, -0.2) is 21.9 Å². The second-order valence-electron chi connectivity index (χ2n) is 11.3. The van der Waals surface area contributed by atoms with Crippen LogP contribution in [0.2, 0.25) is 0 Å². The van der Waals surface area contributed by atoms with E-state index in [1.807, 2.05) is 6.92 Å². The summed E-state index contributed by atoms with van der Waals surface area (Å²) in [5, 5.41) is 21.2. The molecule has 4 saturated carbocycles. The topological polar surface area (TPSA) is 40.5 Å². The molecule has 0 heterocycles. The number of hydrogen-bond donors (Lipinski definition) is 2. The minimum atomic E-state index is -0.428. The zero-order valence-electron chi connectivity index (χ0n) is 17.6. The maximum atomic E-state index is 10.8. The van der Waals surface area contributed by atoms with Crippen LogP contribution in [0.1, 0.15) is 98.3 Å². The second kappa shape index (κ2) is 6.48. The molecule has 150 valence electrons. The highest BCUT2D eigenvalue weighted by Crippen LogP contribution is 2.69. The number of hydrogen-bond acceptors (Lipinski definition) is 2. The van der Waals surface area contributed by atoms with Crippen LogP contribution < -0.4 is 0 Å². The van der Waals surface area contributed by atoms with Crippen LogP contribution in [0.25, 0.3) is 0 Å². The third-order valence-corrected chi connectivity index (χ3v) is 10.0. The SMILES string of the molecule is CCC[C@]12CC[C@@](C)(O)C[C@H]1CC[C@H]1[C@@H]3CC[C@H](C(C)O)[C@@]3(C)CC[C@@H]12. The molecule has 0 spiro atoms. The van der Waals surface area contributed by atoms with E-state index in [-0.39, 0.29) is 6.10 Å². The number of aliphatic hydroxyl groups excluding tert-OH is 1. The van der Waals surface area contributed by atoms with Gasteiger partial charge in [-0.05, 0) is 118 Å². The Bertz CT molecular complexity index is 526. The van der Waals surface area contributed by atoms with E-state index in [1.165, 1.54) is 57.8 Å². The van der Waals surface area contributed by atoms with Crippen LogP contribution in [0.3, 0.4) is 0 Å². The van der Waals surface area contributed by atoms with Crippen molar-refractivity contribution in [3.8, 4) is 0 Å². The highest BCUT2D eigenvalue weighted by molar-refractivity contribution is 5.11.